The Labute approximate surface area is 133 Å². The molecule has 1 aromatic heterocycles. The summed E-state index contributed by atoms with van der Waals surface area (Å²) < 4.78 is 23.3. The molecule has 0 radical (unpaired) electrons. The first-order chi connectivity index (χ1) is 10.7. The number of furan rings is 1. The van der Waals surface area contributed by atoms with Crippen LogP contribution in [0.3, 0.4) is 0 Å². The average Bonchev–Trinajstić information content (AvgIpc) is 3.03. The Morgan fingerprint density at radius 3 is 2.82 bits per heavy atom. The van der Waals surface area contributed by atoms with E-state index in [2.05, 4.69) is 5.32 Å². The smallest absolute Gasteiger partial charge is 0.230 e. The minimum atomic E-state index is -0.275. The minimum absolute atomic E-state index is 0.0413. The lowest BCUT2D eigenvalue weighted by Gasteiger charge is -2.06. The number of thioether (sulfide) groups is 1. The molecule has 118 valence electrons. The number of halogens is 1. The van der Waals surface area contributed by atoms with E-state index in [1.807, 2.05) is 12.1 Å². The molecule has 0 atom stereocenters. The Hall–Kier alpha value is -1.79. The Morgan fingerprint density at radius 1 is 1.27 bits per heavy atom. The van der Waals surface area contributed by atoms with Crippen LogP contribution < -0.4 is 5.32 Å². The number of carbonyl (C=O) groups excluding carboxylic acids is 1. The summed E-state index contributed by atoms with van der Waals surface area (Å²) in [5.41, 5.74) is 0. The second-order valence-corrected chi connectivity index (χ2v) is 5.63. The Kier molecular flexibility index (Phi) is 6.99. The van der Waals surface area contributed by atoms with E-state index in [0.29, 0.717) is 25.5 Å². The van der Waals surface area contributed by atoms with E-state index in [9.17, 15) is 9.18 Å². The standard InChI is InChI=1S/C16H18FNO3S/c17-13-4-6-15(7-5-13)22-12-16(19)18-8-2-9-20-11-14-3-1-10-21-14/h1,3-7,10H,2,8-9,11-12H2,(H,18,19). The highest BCUT2D eigenvalue weighted by atomic mass is 32.2. The lowest BCUT2D eigenvalue weighted by atomic mass is 10.4. The van der Waals surface area contributed by atoms with Gasteiger partial charge in [-0.15, -0.1) is 11.8 Å². The Morgan fingerprint density at radius 2 is 2.09 bits per heavy atom. The minimum Gasteiger partial charge on any atom is -0.467 e. The van der Waals surface area contributed by atoms with Crippen molar-refractivity contribution in [3.63, 3.8) is 0 Å². The maximum atomic E-state index is 12.7. The number of nitrogens with one attached hydrogen (secondary N) is 1. The van der Waals surface area contributed by atoms with Crippen molar-refractivity contribution >= 4 is 17.7 Å². The molecule has 1 amide bonds. The van der Waals surface area contributed by atoms with E-state index < -0.39 is 0 Å². The van der Waals surface area contributed by atoms with Gasteiger partial charge < -0.3 is 14.5 Å². The molecule has 0 aliphatic rings. The highest BCUT2D eigenvalue weighted by Gasteiger charge is 2.03. The summed E-state index contributed by atoms with van der Waals surface area (Å²) in [5, 5.41) is 2.82. The molecule has 1 N–H and O–H groups in total. The molecule has 1 heterocycles. The molecular weight excluding hydrogens is 305 g/mol. The zero-order chi connectivity index (χ0) is 15.6. The van der Waals surface area contributed by atoms with Crippen molar-refractivity contribution < 1.29 is 18.3 Å². The number of amides is 1. The predicted octanol–water partition coefficient (Wildman–Crippen LogP) is 3.23. The molecule has 0 unspecified atom stereocenters. The van der Waals surface area contributed by atoms with Gasteiger partial charge in [0, 0.05) is 18.0 Å². The van der Waals surface area contributed by atoms with Crippen molar-refractivity contribution in [1.29, 1.82) is 0 Å². The summed E-state index contributed by atoms with van der Waals surface area (Å²) in [6.07, 6.45) is 2.35. The van der Waals surface area contributed by atoms with Gasteiger partial charge in [0.05, 0.1) is 12.0 Å². The van der Waals surface area contributed by atoms with Gasteiger partial charge in [0.15, 0.2) is 0 Å². The number of carbonyl (C=O) groups is 1. The first kappa shape index (κ1) is 16.6. The van der Waals surface area contributed by atoms with Crippen LogP contribution in [-0.2, 0) is 16.1 Å². The van der Waals surface area contributed by atoms with Crippen LogP contribution in [0.15, 0.2) is 52.0 Å². The normalized spacial score (nSPS) is 10.6. The molecule has 2 rings (SSSR count). The van der Waals surface area contributed by atoms with E-state index in [1.54, 1.807) is 18.4 Å². The molecule has 0 spiro atoms. The molecule has 1 aromatic carbocycles. The lowest BCUT2D eigenvalue weighted by molar-refractivity contribution is -0.118. The number of benzene rings is 1. The van der Waals surface area contributed by atoms with E-state index in [-0.39, 0.29) is 11.7 Å². The van der Waals surface area contributed by atoms with E-state index >= 15 is 0 Å². The highest BCUT2D eigenvalue weighted by molar-refractivity contribution is 8.00. The van der Waals surface area contributed by atoms with Gasteiger partial charge in [-0.25, -0.2) is 4.39 Å². The molecular formula is C16H18FNO3S. The van der Waals surface area contributed by atoms with Crippen molar-refractivity contribution in [2.75, 3.05) is 18.9 Å². The highest BCUT2D eigenvalue weighted by Crippen LogP contribution is 2.17. The van der Waals surface area contributed by atoms with Crippen LogP contribution in [-0.4, -0.2) is 24.8 Å². The van der Waals surface area contributed by atoms with Crippen LogP contribution in [0.1, 0.15) is 12.2 Å². The van der Waals surface area contributed by atoms with Gasteiger partial charge in [-0.3, -0.25) is 4.79 Å². The van der Waals surface area contributed by atoms with Gasteiger partial charge in [-0.2, -0.15) is 0 Å². The van der Waals surface area contributed by atoms with Crippen molar-refractivity contribution in [2.45, 2.75) is 17.9 Å². The van der Waals surface area contributed by atoms with Crippen LogP contribution in [0.25, 0.3) is 0 Å². The molecule has 0 aliphatic carbocycles. The summed E-state index contributed by atoms with van der Waals surface area (Å²) in [7, 11) is 0. The fraction of sp³-hybridized carbons (Fsp3) is 0.312. The van der Waals surface area contributed by atoms with Gasteiger partial charge in [-0.05, 0) is 42.8 Å². The molecule has 22 heavy (non-hydrogen) atoms. The molecule has 6 heteroatoms. The van der Waals surface area contributed by atoms with Crippen LogP contribution >= 0.6 is 11.8 Å². The van der Waals surface area contributed by atoms with Gasteiger partial charge >= 0.3 is 0 Å². The van der Waals surface area contributed by atoms with Crippen molar-refractivity contribution in [3.05, 3.63) is 54.2 Å². The molecule has 4 nitrogen and oxygen atoms in total. The quantitative estimate of drug-likeness (QED) is 0.568. The van der Waals surface area contributed by atoms with Crippen LogP contribution in [0.2, 0.25) is 0 Å². The van der Waals surface area contributed by atoms with E-state index in [0.717, 1.165) is 17.1 Å². The molecule has 0 saturated heterocycles. The van der Waals surface area contributed by atoms with E-state index in [1.165, 1.54) is 23.9 Å². The summed E-state index contributed by atoms with van der Waals surface area (Å²) in [5.74, 6) is 0.794. The zero-order valence-electron chi connectivity index (χ0n) is 12.1. The number of hydrogen-bond donors (Lipinski definition) is 1. The van der Waals surface area contributed by atoms with Gasteiger partial charge in [0.25, 0.3) is 0 Å². The molecule has 0 saturated carbocycles. The van der Waals surface area contributed by atoms with E-state index in [4.69, 9.17) is 9.15 Å². The third-order valence-electron chi connectivity index (χ3n) is 2.80. The molecule has 0 fully saturated rings. The number of ether oxygens (including phenoxy) is 1. The summed E-state index contributed by atoms with van der Waals surface area (Å²) >= 11 is 1.38. The Balaban J connectivity index is 1.49. The maximum absolute atomic E-state index is 12.7. The molecule has 0 aliphatic heterocycles. The van der Waals surface area contributed by atoms with Gasteiger partial charge in [-0.1, -0.05) is 0 Å². The van der Waals surface area contributed by atoms with Crippen molar-refractivity contribution in [1.82, 2.24) is 5.32 Å². The first-order valence-corrected chi connectivity index (χ1v) is 7.98. The van der Waals surface area contributed by atoms with Crippen molar-refractivity contribution in [2.24, 2.45) is 0 Å². The van der Waals surface area contributed by atoms with Crippen LogP contribution in [0, 0.1) is 5.82 Å². The monoisotopic (exact) mass is 323 g/mol. The average molecular weight is 323 g/mol. The third kappa shape index (κ3) is 6.32. The SMILES string of the molecule is O=C(CSc1ccc(F)cc1)NCCCOCc1ccco1. The predicted molar refractivity (Wildman–Crippen MR) is 83.1 cm³/mol. The first-order valence-electron chi connectivity index (χ1n) is 6.99. The van der Waals surface area contributed by atoms with Crippen LogP contribution in [0.5, 0.6) is 0 Å². The Bertz CT molecular complexity index is 557. The number of rotatable bonds is 9. The number of hydrogen-bond acceptors (Lipinski definition) is 4. The van der Waals surface area contributed by atoms with Gasteiger partial charge in [0.1, 0.15) is 18.2 Å². The lowest BCUT2D eigenvalue weighted by Crippen LogP contribution is -2.26. The fourth-order valence-electron chi connectivity index (χ4n) is 1.70. The largest absolute Gasteiger partial charge is 0.467 e. The second-order valence-electron chi connectivity index (χ2n) is 4.58. The molecule has 2 aromatic rings. The topological polar surface area (TPSA) is 51.5 Å². The fourth-order valence-corrected chi connectivity index (χ4v) is 2.43. The molecule has 0 bridgehead atoms. The summed E-state index contributed by atoms with van der Waals surface area (Å²) in [4.78, 5) is 12.5. The van der Waals surface area contributed by atoms with Crippen molar-refractivity contribution in [3.8, 4) is 0 Å². The summed E-state index contributed by atoms with van der Waals surface area (Å²) in [6.45, 7) is 1.58. The maximum Gasteiger partial charge on any atom is 0.230 e. The van der Waals surface area contributed by atoms with Gasteiger partial charge in [0.2, 0.25) is 5.91 Å². The zero-order valence-corrected chi connectivity index (χ0v) is 12.9. The third-order valence-corrected chi connectivity index (χ3v) is 3.81. The summed E-state index contributed by atoms with van der Waals surface area (Å²) in [6, 6.07) is 9.77. The second kappa shape index (κ2) is 9.27. The van der Waals surface area contributed by atoms with Crippen LogP contribution in [0.4, 0.5) is 4.39 Å².